The maximum Gasteiger partial charge on any atom is 0.321 e. The van der Waals surface area contributed by atoms with Crippen LogP contribution in [-0.2, 0) is 11.2 Å². The van der Waals surface area contributed by atoms with E-state index in [-0.39, 0.29) is 11.0 Å². The van der Waals surface area contributed by atoms with Crippen molar-refractivity contribution in [1.29, 1.82) is 0 Å². The second kappa shape index (κ2) is 6.92. The molecular weight excluding hydrogens is 328 g/mol. The van der Waals surface area contributed by atoms with Gasteiger partial charge in [0.25, 0.3) is 0 Å². The van der Waals surface area contributed by atoms with Crippen molar-refractivity contribution in [3.05, 3.63) is 58.3 Å². The summed E-state index contributed by atoms with van der Waals surface area (Å²) in [7, 11) is 0. The maximum atomic E-state index is 12.8. The summed E-state index contributed by atoms with van der Waals surface area (Å²) < 4.78 is 0. The minimum atomic E-state index is -0.890. The highest BCUT2D eigenvalue weighted by Gasteiger charge is 2.25. The average Bonchev–Trinajstić information content (AvgIpc) is 2.61. The number of hydrogen-bond donors (Lipinski definition) is 3. The quantitative estimate of drug-likeness (QED) is 0.594. The third kappa shape index (κ3) is 3.63. The van der Waals surface area contributed by atoms with Crippen LogP contribution in [0.15, 0.2) is 47.3 Å². The molecule has 0 bridgehead atoms. The van der Waals surface area contributed by atoms with Crippen LogP contribution in [0.1, 0.15) is 32.8 Å². The summed E-state index contributed by atoms with van der Waals surface area (Å²) in [5.74, 6) is -0.890. The molecule has 0 fully saturated rings. The van der Waals surface area contributed by atoms with E-state index in [1.165, 1.54) is 0 Å². The third-order valence-corrected chi connectivity index (χ3v) is 4.96. The number of aromatic nitrogens is 1. The molecule has 2 aromatic carbocycles. The molecule has 0 saturated carbocycles. The number of carboxylic acids is 1. The SMILES string of the molecule is CCC(C)(C)NC(Cc1ccc2[nH]c3ccccc3c(=O)c2c1)C(=O)O. The lowest BCUT2D eigenvalue weighted by Gasteiger charge is -2.29. The molecule has 5 heteroatoms. The van der Waals surface area contributed by atoms with Crippen LogP contribution in [0.3, 0.4) is 0 Å². The van der Waals surface area contributed by atoms with E-state index in [0.717, 1.165) is 23.0 Å². The van der Waals surface area contributed by atoms with E-state index < -0.39 is 12.0 Å². The smallest absolute Gasteiger partial charge is 0.321 e. The zero-order chi connectivity index (χ0) is 18.9. The summed E-state index contributed by atoms with van der Waals surface area (Å²) in [6.45, 7) is 5.99. The van der Waals surface area contributed by atoms with Gasteiger partial charge in [0.2, 0.25) is 0 Å². The highest BCUT2D eigenvalue weighted by atomic mass is 16.4. The zero-order valence-electron chi connectivity index (χ0n) is 15.3. The van der Waals surface area contributed by atoms with Gasteiger partial charge in [-0.3, -0.25) is 14.9 Å². The summed E-state index contributed by atoms with van der Waals surface area (Å²) in [6.07, 6.45) is 1.14. The van der Waals surface area contributed by atoms with Crippen molar-refractivity contribution in [2.24, 2.45) is 0 Å². The largest absolute Gasteiger partial charge is 0.480 e. The lowest BCUT2D eigenvalue weighted by Crippen LogP contribution is -2.50. The minimum absolute atomic E-state index is 0.0371. The molecule has 0 aliphatic rings. The van der Waals surface area contributed by atoms with E-state index in [9.17, 15) is 14.7 Å². The monoisotopic (exact) mass is 352 g/mol. The van der Waals surface area contributed by atoms with Gasteiger partial charge in [-0.1, -0.05) is 25.1 Å². The van der Waals surface area contributed by atoms with Gasteiger partial charge in [0.15, 0.2) is 5.43 Å². The van der Waals surface area contributed by atoms with Crippen molar-refractivity contribution in [1.82, 2.24) is 10.3 Å². The standard InChI is InChI=1S/C21H24N2O3/c1-4-21(2,3)23-18(20(25)26)12-13-9-10-17-15(11-13)19(24)14-7-5-6-8-16(14)22-17/h5-11,18,23H,4,12H2,1-3H3,(H,22,24)(H,25,26). The van der Waals surface area contributed by atoms with Crippen molar-refractivity contribution in [3.8, 4) is 0 Å². The second-order valence-corrected chi connectivity index (χ2v) is 7.36. The molecule has 3 aromatic rings. The van der Waals surface area contributed by atoms with E-state index in [0.29, 0.717) is 17.2 Å². The first-order chi connectivity index (χ1) is 12.3. The van der Waals surface area contributed by atoms with Crippen molar-refractivity contribution in [3.63, 3.8) is 0 Å². The summed E-state index contributed by atoms with van der Waals surface area (Å²) in [5.41, 5.74) is 2.07. The predicted octanol–water partition coefficient (Wildman–Crippen LogP) is 3.46. The molecule has 0 saturated heterocycles. The number of fused-ring (bicyclic) bond motifs is 2. The molecule has 0 spiro atoms. The van der Waals surface area contributed by atoms with E-state index >= 15 is 0 Å². The fraction of sp³-hybridized carbons (Fsp3) is 0.333. The van der Waals surface area contributed by atoms with Gasteiger partial charge in [0.05, 0.1) is 0 Å². The van der Waals surface area contributed by atoms with Gasteiger partial charge in [0, 0.05) is 27.3 Å². The van der Waals surface area contributed by atoms with Crippen molar-refractivity contribution in [2.75, 3.05) is 0 Å². The Morgan fingerprint density at radius 1 is 1.15 bits per heavy atom. The number of carbonyl (C=O) groups is 1. The molecule has 3 N–H and O–H groups in total. The molecule has 3 rings (SSSR count). The number of rotatable bonds is 6. The number of H-pyrrole nitrogens is 1. The Balaban J connectivity index is 2.00. The van der Waals surface area contributed by atoms with Gasteiger partial charge in [0.1, 0.15) is 6.04 Å². The average molecular weight is 352 g/mol. The van der Waals surface area contributed by atoms with Crippen LogP contribution in [0, 0.1) is 0 Å². The van der Waals surface area contributed by atoms with E-state index in [1.54, 1.807) is 12.1 Å². The topological polar surface area (TPSA) is 82.2 Å². The number of pyridine rings is 1. The normalized spacial score (nSPS) is 13.2. The van der Waals surface area contributed by atoms with Crippen molar-refractivity contribution < 1.29 is 9.90 Å². The van der Waals surface area contributed by atoms with Gasteiger partial charge < -0.3 is 10.1 Å². The fourth-order valence-corrected chi connectivity index (χ4v) is 3.11. The summed E-state index contributed by atoms with van der Waals surface area (Å²) in [4.78, 5) is 27.7. The van der Waals surface area contributed by atoms with Gasteiger partial charge in [-0.2, -0.15) is 0 Å². The van der Waals surface area contributed by atoms with Crippen LogP contribution < -0.4 is 10.7 Å². The summed E-state index contributed by atoms with van der Waals surface area (Å²) in [5, 5.41) is 14.0. The number of aromatic amines is 1. The second-order valence-electron chi connectivity index (χ2n) is 7.36. The van der Waals surface area contributed by atoms with Crippen LogP contribution in [0.4, 0.5) is 0 Å². The summed E-state index contributed by atoms with van der Waals surface area (Å²) in [6, 6.07) is 12.2. The Hall–Kier alpha value is -2.66. The van der Waals surface area contributed by atoms with Crippen LogP contribution >= 0.6 is 0 Å². The minimum Gasteiger partial charge on any atom is -0.480 e. The molecule has 0 aliphatic heterocycles. The molecule has 136 valence electrons. The van der Waals surface area contributed by atoms with Crippen molar-refractivity contribution >= 4 is 27.8 Å². The number of hydrogen-bond acceptors (Lipinski definition) is 3. The maximum absolute atomic E-state index is 12.8. The molecule has 5 nitrogen and oxygen atoms in total. The highest BCUT2D eigenvalue weighted by molar-refractivity contribution is 5.92. The van der Waals surface area contributed by atoms with Crippen LogP contribution in [-0.4, -0.2) is 27.6 Å². The van der Waals surface area contributed by atoms with Crippen LogP contribution in [0.25, 0.3) is 21.8 Å². The molecule has 1 atom stereocenters. The van der Waals surface area contributed by atoms with Gasteiger partial charge >= 0.3 is 5.97 Å². The lowest BCUT2D eigenvalue weighted by molar-refractivity contribution is -0.140. The Bertz CT molecular complexity index is 1020. The van der Waals surface area contributed by atoms with Gasteiger partial charge in [-0.05, 0) is 56.5 Å². The lowest BCUT2D eigenvalue weighted by atomic mass is 9.97. The van der Waals surface area contributed by atoms with Gasteiger partial charge in [-0.25, -0.2) is 0 Å². The molecular formula is C21H24N2O3. The molecule has 26 heavy (non-hydrogen) atoms. The molecule has 0 radical (unpaired) electrons. The Kier molecular flexibility index (Phi) is 4.83. The van der Waals surface area contributed by atoms with Crippen LogP contribution in [0.2, 0.25) is 0 Å². The Morgan fingerprint density at radius 2 is 1.85 bits per heavy atom. The molecule has 1 unspecified atom stereocenters. The van der Waals surface area contributed by atoms with E-state index in [4.69, 9.17) is 0 Å². The van der Waals surface area contributed by atoms with Gasteiger partial charge in [-0.15, -0.1) is 0 Å². The Morgan fingerprint density at radius 3 is 2.54 bits per heavy atom. The third-order valence-electron chi connectivity index (χ3n) is 4.96. The molecule has 0 amide bonds. The van der Waals surface area contributed by atoms with E-state index in [1.807, 2.05) is 51.1 Å². The number of benzene rings is 2. The summed E-state index contributed by atoms with van der Waals surface area (Å²) >= 11 is 0. The molecule has 1 heterocycles. The predicted molar refractivity (Wildman–Crippen MR) is 105 cm³/mol. The van der Waals surface area contributed by atoms with E-state index in [2.05, 4.69) is 10.3 Å². The number of nitrogens with one attached hydrogen (secondary N) is 2. The molecule has 0 aliphatic carbocycles. The highest BCUT2D eigenvalue weighted by Crippen LogP contribution is 2.18. The van der Waals surface area contributed by atoms with Crippen LogP contribution in [0.5, 0.6) is 0 Å². The van der Waals surface area contributed by atoms with Crippen molar-refractivity contribution in [2.45, 2.75) is 45.2 Å². The first-order valence-electron chi connectivity index (χ1n) is 8.85. The molecule has 1 aromatic heterocycles. The number of aliphatic carboxylic acids is 1. The zero-order valence-corrected chi connectivity index (χ0v) is 15.3. The number of carboxylic acid groups (broad SMARTS) is 1. The number of para-hydroxylation sites is 1. The Labute approximate surface area is 152 Å². The first kappa shape index (κ1) is 18.1. The fourth-order valence-electron chi connectivity index (χ4n) is 3.11. The first-order valence-corrected chi connectivity index (χ1v) is 8.85.